The number of amides is 1. The Morgan fingerprint density at radius 1 is 1.06 bits per heavy atom. The van der Waals surface area contributed by atoms with Crippen LogP contribution >= 0.6 is 0 Å². The van der Waals surface area contributed by atoms with Crippen LogP contribution in [0.4, 0.5) is 5.69 Å². The lowest BCUT2D eigenvalue weighted by Crippen LogP contribution is -2.42. The predicted octanol–water partition coefficient (Wildman–Crippen LogP) is 2.38. The quantitative estimate of drug-likeness (QED) is 0.701. The molecule has 4 rings (SSSR count). The summed E-state index contributed by atoms with van der Waals surface area (Å²) in [4.78, 5) is 19.6. The molecule has 31 heavy (non-hydrogen) atoms. The van der Waals surface area contributed by atoms with Crippen LogP contribution in [0.1, 0.15) is 30.7 Å². The van der Waals surface area contributed by atoms with E-state index in [2.05, 4.69) is 32.2 Å². The van der Waals surface area contributed by atoms with Gasteiger partial charge in [-0.25, -0.2) is 4.63 Å². The van der Waals surface area contributed by atoms with Crippen LogP contribution in [-0.4, -0.2) is 78.9 Å². The molecule has 168 valence electrons. The van der Waals surface area contributed by atoms with E-state index in [1.165, 1.54) is 12.1 Å². The average molecular weight is 428 g/mol. The van der Waals surface area contributed by atoms with E-state index in [1.54, 1.807) is 7.11 Å². The summed E-state index contributed by atoms with van der Waals surface area (Å²) in [6, 6.07) is 8.37. The van der Waals surface area contributed by atoms with Crippen molar-refractivity contribution >= 4 is 11.6 Å². The summed E-state index contributed by atoms with van der Waals surface area (Å²) in [5.74, 6) is 1.69. The fourth-order valence-corrected chi connectivity index (χ4v) is 4.60. The molecule has 2 aromatic rings. The molecule has 1 aromatic carbocycles. The Morgan fingerprint density at radius 3 is 2.52 bits per heavy atom. The number of rotatable bonds is 6. The number of hydrogen-bond donors (Lipinski definition) is 0. The van der Waals surface area contributed by atoms with Gasteiger partial charge in [-0.1, -0.05) is 10.3 Å². The summed E-state index contributed by atoms with van der Waals surface area (Å²) in [6.45, 7) is 8.99. The second-order valence-electron chi connectivity index (χ2n) is 8.64. The van der Waals surface area contributed by atoms with Gasteiger partial charge in [0.25, 0.3) is 0 Å². The van der Waals surface area contributed by atoms with Crippen LogP contribution in [0.3, 0.4) is 0 Å². The van der Waals surface area contributed by atoms with Gasteiger partial charge in [-0.3, -0.25) is 4.79 Å². The highest BCUT2D eigenvalue weighted by atomic mass is 16.6. The first kappa shape index (κ1) is 21.6. The Balaban J connectivity index is 1.21. The van der Waals surface area contributed by atoms with Crippen molar-refractivity contribution in [3.8, 4) is 5.75 Å². The van der Waals surface area contributed by atoms with Crippen molar-refractivity contribution in [1.29, 1.82) is 0 Å². The molecular weight excluding hydrogens is 394 g/mol. The van der Waals surface area contributed by atoms with Gasteiger partial charge in [0.05, 0.1) is 13.5 Å². The number of ether oxygens (including phenoxy) is 1. The van der Waals surface area contributed by atoms with E-state index in [9.17, 15) is 4.79 Å². The van der Waals surface area contributed by atoms with Crippen LogP contribution in [0.15, 0.2) is 28.9 Å². The maximum absolute atomic E-state index is 12.6. The topological polar surface area (TPSA) is 74.9 Å². The molecule has 3 heterocycles. The molecule has 8 heteroatoms. The molecule has 0 N–H and O–H groups in total. The number of benzene rings is 1. The third kappa shape index (κ3) is 5.55. The van der Waals surface area contributed by atoms with E-state index in [1.807, 2.05) is 24.0 Å². The van der Waals surface area contributed by atoms with Crippen molar-refractivity contribution in [3.05, 3.63) is 35.7 Å². The minimum Gasteiger partial charge on any atom is -0.497 e. The van der Waals surface area contributed by atoms with Gasteiger partial charge in [0, 0.05) is 45.0 Å². The number of methoxy groups -OCH3 is 1. The Kier molecular flexibility index (Phi) is 7.06. The van der Waals surface area contributed by atoms with Crippen LogP contribution in [-0.2, 0) is 11.2 Å². The highest BCUT2D eigenvalue weighted by molar-refractivity contribution is 5.78. The monoisotopic (exact) mass is 427 g/mol. The predicted molar refractivity (Wildman–Crippen MR) is 118 cm³/mol. The SMILES string of the molecule is COc1ccc(N2CCCN(CC3CCN(C(=O)Cc4nonc4C)CC3)CC2)cc1. The molecule has 0 bridgehead atoms. The Morgan fingerprint density at radius 2 is 1.84 bits per heavy atom. The average Bonchev–Trinajstić information content (AvgIpc) is 3.06. The first-order chi connectivity index (χ1) is 15.1. The van der Waals surface area contributed by atoms with E-state index in [0.717, 1.165) is 64.4 Å². The van der Waals surface area contributed by atoms with Gasteiger partial charge >= 0.3 is 0 Å². The van der Waals surface area contributed by atoms with Gasteiger partial charge in [0.1, 0.15) is 17.1 Å². The first-order valence-electron chi connectivity index (χ1n) is 11.3. The summed E-state index contributed by atoms with van der Waals surface area (Å²) in [6.07, 6.45) is 3.60. The van der Waals surface area contributed by atoms with Crippen LogP contribution in [0.25, 0.3) is 0 Å². The third-order valence-corrected chi connectivity index (χ3v) is 6.57. The number of carbonyl (C=O) groups excluding carboxylic acids is 1. The van der Waals surface area contributed by atoms with E-state index in [0.29, 0.717) is 17.3 Å². The molecule has 8 nitrogen and oxygen atoms in total. The summed E-state index contributed by atoms with van der Waals surface area (Å²) in [5.41, 5.74) is 2.62. The fourth-order valence-electron chi connectivity index (χ4n) is 4.60. The lowest BCUT2D eigenvalue weighted by Gasteiger charge is -2.34. The van der Waals surface area contributed by atoms with E-state index in [-0.39, 0.29) is 12.3 Å². The number of anilines is 1. The molecular formula is C23H33N5O3. The van der Waals surface area contributed by atoms with Crippen molar-refractivity contribution in [2.24, 2.45) is 5.92 Å². The number of likely N-dealkylation sites (tertiary alicyclic amines) is 1. The smallest absolute Gasteiger partial charge is 0.228 e. The number of aromatic nitrogens is 2. The zero-order valence-corrected chi connectivity index (χ0v) is 18.6. The zero-order valence-electron chi connectivity index (χ0n) is 18.6. The van der Waals surface area contributed by atoms with Gasteiger partial charge in [-0.05, 0) is 62.9 Å². The van der Waals surface area contributed by atoms with Gasteiger partial charge in [0.2, 0.25) is 5.91 Å². The lowest BCUT2D eigenvalue weighted by molar-refractivity contribution is -0.132. The largest absolute Gasteiger partial charge is 0.497 e. The van der Waals surface area contributed by atoms with E-state index in [4.69, 9.17) is 9.37 Å². The molecule has 0 unspecified atom stereocenters. The summed E-state index contributed by atoms with van der Waals surface area (Å²) >= 11 is 0. The fraction of sp³-hybridized carbons (Fsp3) is 0.609. The third-order valence-electron chi connectivity index (χ3n) is 6.57. The summed E-state index contributed by atoms with van der Waals surface area (Å²) in [7, 11) is 1.70. The van der Waals surface area contributed by atoms with Gasteiger partial charge in [-0.15, -0.1) is 0 Å². The lowest BCUT2D eigenvalue weighted by atomic mass is 9.95. The van der Waals surface area contributed by atoms with Gasteiger partial charge in [0.15, 0.2) is 0 Å². The molecule has 2 aliphatic rings. The molecule has 0 spiro atoms. The molecule has 2 saturated heterocycles. The Labute approximate surface area is 184 Å². The number of nitrogens with zero attached hydrogens (tertiary/aromatic N) is 5. The van der Waals surface area contributed by atoms with Gasteiger partial charge < -0.3 is 19.4 Å². The Hall–Kier alpha value is -2.61. The standard InChI is InChI=1S/C23H33N5O3/c1-18-22(25-31-24-18)16-23(29)28-12-8-19(9-13-28)17-26-10-3-11-27(15-14-26)20-4-6-21(30-2)7-5-20/h4-7,19H,3,8-17H2,1-2H3. The molecule has 0 atom stereocenters. The van der Waals surface area contributed by atoms with E-state index >= 15 is 0 Å². The number of piperidine rings is 1. The van der Waals surface area contributed by atoms with Crippen molar-refractivity contribution < 1.29 is 14.2 Å². The second kappa shape index (κ2) is 10.1. The minimum atomic E-state index is 0.127. The molecule has 1 amide bonds. The van der Waals surface area contributed by atoms with Crippen LogP contribution < -0.4 is 9.64 Å². The minimum absolute atomic E-state index is 0.127. The molecule has 2 fully saturated rings. The zero-order chi connectivity index (χ0) is 21.6. The molecule has 0 radical (unpaired) electrons. The number of carbonyl (C=O) groups is 1. The summed E-state index contributed by atoms with van der Waals surface area (Å²) in [5, 5.41) is 7.60. The highest BCUT2D eigenvalue weighted by Gasteiger charge is 2.26. The van der Waals surface area contributed by atoms with Crippen LogP contribution in [0.5, 0.6) is 5.75 Å². The molecule has 2 aliphatic heterocycles. The van der Waals surface area contributed by atoms with Gasteiger partial charge in [-0.2, -0.15) is 0 Å². The highest BCUT2D eigenvalue weighted by Crippen LogP contribution is 2.23. The first-order valence-corrected chi connectivity index (χ1v) is 11.3. The maximum Gasteiger partial charge on any atom is 0.228 e. The molecule has 1 aromatic heterocycles. The van der Waals surface area contributed by atoms with Crippen molar-refractivity contribution in [1.82, 2.24) is 20.1 Å². The number of hydrogen-bond acceptors (Lipinski definition) is 7. The van der Waals surface area contributed by atoms with Crippen LogP contribution in [0, 0.1) is 12.8 Å². The second-order valence-corrected chi connectivity index (χ2v) is 8.64. The van der Waals surface area contributed by atoms with Crippen LogP contribution in [0.2, 0.25) is 0 Å². The van der Waals surface area contributed by atoms with Crippen molar-refractivity contribution in [2.45, 2.75) is 32.6 Å². The van der Waals surface area contributed by atoms with Crippen molar-refractivity contribution in [2.75, 3.05) is 57.8 Å². The molecule has 0 saturated carbocycles. The maximum atomic E-state index is 12.6. The normalized spacial score (nSPS) is 18.8. The molecule has 0 aliphatic carbocycles. The number of aryl methyl sites for hydroxylation is 1. The Bertz CT molecular complexity index is 845. The van der Waals surface area contributed by atoms with Crippen molar-refractivity contribution in [3.63, 3.8) is 0 Å². The summed E-state index contributed by atoms with van der Waals surface area (Å²) < 4.78 is 9.98. The van der Waals surface area contributed by atoms with E-state index < -0.39 is 0 Å².